The summed E-state index contributed by atoms with van der Waals surface area (Å²) >= 11 is 3.37. The highest BCUT2D eigenvalue weighted by atomic mass is 79.9. The number of nitrogens with two attached hydrogens (primary N) is 1. The van der Waals surface area contributed by atoms with E-state index in [0.29, 0.717) is 27.2 Å². The fourth-order valence-electron chi connectivity index (χ4n) is 1.94. The summed E-state index contributed by atoms with van der Waals surface area (Å²) in [5.74, 6) is 0.382. The summed E-state index contributed by atoms with van der Waals surface area (Å²) < 4.78 is 5.84. The van der Waals surface area contributed by atoms with Gasteiger partial charge < -0.3 is 15.8 Å². The summed E-state index contributed by atoms with van der Waals surface area (Å²) in [7, 11) is 1.56. The number of aryl methyl sites for hydroxylation is 2. The Morgan fingerprint density at radius 2 is 1.86 bits per heavy atom. The van der Waals surface area contributed by atoms with Crippen molar-refractivity contribution in [2.45, 2.75) is 13.8 Å². The highest BCUT2D eigenvalue weighted by molar-refractivity contribution is 9.10. The van der Waals surface area contributed by atoms with Crippen LogP contribution in [0.3, 0.4) is 0 Å². The number of rotatable bonds is 3. The van der Waals surface area contributed by atoms with Gasteiger partial charge in [-0.25, -0.2) is 0 Å². The van der Waals surface area contributed by atoms with E-state index in [9.17, 15) is 4.79 Å². The van der Waals surface area contributed by atoms with Gasteiger partial charge in [-0.05, 0) is 71.2 Å². The zero-order valence-corrected chi connectivity index (χ0v) is 13.7. The van der Waals surface area contributed by atoms with Gasteiger partial charge in [0.2, 0.25) is 0 Å². The predicted molar refractivity (Wildman–Crippen MR) is 89.0 cm³/mol. The molecule has 4 nitrogen and oxygen atoms in total. The first-order chi connectivity index (χ1) is 9.92. The summed E-state index contributed by atoms with van der Waals surface area (Å²) in [6.07, 6.45) is 0. The summed E-state index contributed by atoms with van der Waals surface area (Å²) in [4.78, 5) is 12.4. The third-order valence-electron chi connectivity index (χ3n) is 3.33. The molecule has 110 valence electrons. The maximum atomic E-state index is 12.4. The molecule has 0 aromatic heterocycles. The average molecular weight is 349 g/mol. The largest absolute Gasteiger partial charge is 0.497 e. The van der Waals surface area contributed by atoms with Crippen LogP contribution in [-0.2, 0) is 0 Å². The Balaban J connectivity index is 2.32. The molecule has 5 heteroatoms. The Morgan fingerprint density at radius 1 is 1.19 bits per heavy atom. The Morgan fingerprint density at radius 3 is 2.52 bits per heavy atom. The topological polar surface area (TPSA) is 64.3 Å². The fraction of sp³-hybridized carbons (Fsp3) is 0.188. The molecule has 0 unspecified atom stereocenters. The lowest BCUT2D eigenvalue weighted by molar-refractivity contribution is 0.102. The van der Waals surface area contributed by atoms with Crippen LogP contribution in [0.4, 0.5) is 11.4 Å². The van der Waals surface area contributed by atoms with Crippen molar-refractivity contribution in [2.24, 2.45) is 0 Å². The van der Waals surface area contributed by atoms with Crippen LogP contribution in [0.5, 0.6) is 5.75 Å². The van der Waals surface area contributed by atoms with Gasteiger partial charge in [-0.15, -0.1) is 0 Å². The van der Waals surface area contributed by atoms with E-state index in [1.807, 2.05) is 26.0 Å². The van der Waals surface area contributed by atoms with E-state index in [1.54, 1.807) is 25.3 Å². The predicted octanol–water partition coefficient (Wildman–Crippen LogP) is 3.91. The fourth-order valence-corrected chi connectivity index (χ4v) is 2.37. The van der Waals surface area contributed by atoms with Gasteiger partial charge in [0.15, 0.2) is 0 Å². The van der Waals surface area contributed by atoms with Gasteiger partial charge in [0, 0.05) is 4.47 Å². The van der Waals surface area contributed by atoms with Crippen molar-refractivity contribution in [3.63, 3.8) is 0 Å². The molecule has 0 fully saturated rings. The first kappa shape index (κ1) is 15.4. The minimum absolute atomic E-state index is 0.240. The van der Waals surface area contributed by atoms with Crippen LogP contribution in [0, 0.1) is 13.8 Å². The van der Waals surface area contributed by atoms with Crippen LogP contribution in [0.25, 0.3) is 0 Å². The monoisotopic (exact) mass is 348 g/mol. The molecule has 2 aromatic rings. The SMILES string of the molecule is COc1ccc(Br)c(C(=O)Nc2cc(C)c(C)cc2N)c1. The number of amides is 1. The van der Waals surface area contributed by atoms with Crippen molar-refractivity contribution < 1.29 is 9.53 Å². The lowest BCUT2D eigenvalue weighted by Gasteiger charge is -2.12. The molecular weight excluding hydrogens is 332 g/mol. The lowest BCUT2D eigenvalue weighted by atomic mass is 10.1. The molecule has 2 rings (SSSR count). The van der Waals surface area contributed by atoms with E-state index in [1.165, 1.54) is 0 Å². The van der Waals surface area contributed by atoms with Crippen molar-refractivity contribution in [1.29, 1.82) is 0 Å². The van der Waals surface area contributed by atoms with Gasteiger partial charge in [0.25, 0.3) is 5.91 Å². The number of carbonyl (C=O) groups excluding carboxylic acids is 1. The molecule has 1 amide bonds. The van der Waals surface area contributed by atoms with Crippen LogP contribution >= 0.6 is 15.9 Å². The number of nitrogens with one attached hydrogen (secondary N) is 1. The van der Waals surface area contributed by atoms with E-state index in [2.05, 4.69) is 21.2 Å². The number of carbonyl (C=O) groups is 1. The Hall–Kier alpha value is -2.01. The van der Waals surface area contributed by atoms with Gasteiger partial charge in [-0.1, -0.05) is 0 Å². The number of ether oxygens (including phenoxy) is 1. The third kappa shape index (κ3) is 3.36. The van der Waals surface area contributed by atoms with Crippen molar-refractivity contribution in [3.05, 3.63) is 51.5 Å². The summed E-state index contributed by atoms with van der Waals surface area (Å²) in [5.41, 5.74) is 9.77. The summed E-state index contributed by atoms with van der Waals surface area (Å²) in [6, 6.07) is 8.96. The van der Waals surface area contributed by atoms with Crippen LogP contribution < -0.4 is 15.8 Å². The van der Waals surface area contributed by atoms with Crippen molar-refractivity contribution in [2.75, 3.05) is 18.2 Å². The Bertz CT molecular complexity index is 699. The van der Waals surface area contributed by atoms with E-state index >= 15 is 0 Å². The Kier molecular flexibility index (Phi) is 4.53. The van der Waals surface area contributed by atoms with Gasteiger partial charge in [-0.2, -0.15) is 0 Å². The van der Waals surface area contributed by atoms with Crippen molar-refractivity contribution in [3.8, 4) is 5.75 Å². The second-order valence-corrected chi connectivity index (χ2v) is 5.68. The third-order valence-corrected chi connectivity index (χ3v) is 4.02. The van der Waals surface area contributed by atoms with Crippen LogP contribution in [0.2, 0.25) is 0 Å². The average Bonchev–Trinajstić information content (AvgIpc) is 2.45. The first-order valence-corrected chi connectivity index (χ1v) is 7.23. The number of halogens is 1. The zero-order chi connectivity index (χ0) is 15.6. The summed E-state index contributed by atoms with van der Waals surface area (Å²) in [5, 5.41) is 2.84. The van der Waals surface area contributed by atoms with Crippen LogP contribution in [-0.4, -0.2) is 13.0 Å². The minimum atomic E-state index is -0.240. The maximum absolute atomic E-state index is 12.4. The number of methoxy groups -OCH3 is 1. The molecule has 0 aliphatic carbocycles. The normalized spacial score (nSPS) is 10.3. The molecule has 2 aromatic carbocycles. The molecule has 0 radical (unpaired) electrons. The molecule has 0 bridgehead atoms. The summed E-state index contributed by atoms with van der Waals surface area (Å²) in [6.45, 7) is 3.96. The van der Waals surface area contributed by atoms with Gasteiger partial charge in [-0.3, -0.25) is 4.79 Å². The molecule has 3 N–H and O–H groups in total. The molecule has 0 saturated carbocycles. The van der Waals surface area contributed by atoms with Gasteiger partial charge in [0.05, 0.1) is 24.0 Å². The number of benzene rings is 2. The second kappa shape index (κ2) is 6.18. The first-order valence-electron chi connectivity index (χ1n) is 6.44. The minimum Gasteiger partial charge on any atom is -0.497 e. The van der Waals surface area contributed by atoms with E-state index < -0.39 is 0 Å². The molecule has 0 heterocycles. The molecule has 21 heavy (non-hydrogen) atoms. The number of hydrogen-bond acceptors (Lipinski definition) is 3. The van der Waals surface area contributed by atoms with Crippen LogP contribution in [0.15, 0.2) is 34.8 Å². The van der Waals surface area contributed by atoms with Gasteiger partial charge >= 0.3 is 0 Å². The molecule has 0 aliphatic rings. The van der Waals surface area contributed by atoms with E-state index in [0.717, 1.165) is 11.1 Å². The second-order valence-electron chi connectivity index (χ2n) is 4.82. The Labute approximate surface area is 132 Å². The molecule has 0 aliphatic heterocycles. The highest BCUT2D eigenvalue weighted by Crippen LogP contribution is 2.26. The standard InChI is InChI=1S/C16H17BrN2O2/c1-9-6-14(18)15(7-10(9)2)19-16(20)12-8-11(21-3)4-5-13(12)17/h4-8H,18H2,1-3H3,(H,19,20). The molecule has 0 atom stereocenters. The zero-order valence-electron chi connectivity index (χ0n) is 12.2. The quantitative estimate of drug-likeness (QED) is 0.826. The van der Waals surface area contributed by atoms with Crippen LogP contribution in [0.1, 0.15) is 21.5 Å². The molecular formula is C16H17BrN2O2. The number of anilines is 2. The molecule has 0 saturated heterocycles. The van der Waals surface area contributed by atoms with Crippen molar-refractivity contribution in [1.82, 2.24) is 0 Å². The lowest BCUT2D eigenvalue weighted by Crippen LogP contribution is -2.14. The highest BCUT2D eigenvalue weighted by Gasteiger charge is 2.13. The molecule has 0 spiro atoms. The number of hydrogen-bond donors (Lipinski definition) is 2. The smallest absolute Gasteiger partial charge is 0.257 e. The van der Waals surface area contributed by atoms with Crippen molar-refractivity contribution >= 4 is 33.2 Å². The maximum Gasteiger partial charge on any atom is 0.257 e. The van der Waals surface area contributed by atoms with E-state index in [4.69, 9.17) is 10.5 Å². The van der Waals surface area contributed by atoms with Gasteiger partial charge in [0.1, 0.15) is 5.75 Å². The number of nitrogen functional groups attached to an aromatic ring is 1. The van der Waals surface area contributed by atoms with E-state index in [-0.39, 0.29) is 5.91 Å².